The van der Waals surface area contributed by atoms with Crippen molar-refractivity contribution >= 4 is 17.7 Å². The van der Waals surface area contributed by atoms with Gasteiger partial charge in [-0.25, -0.2) is 0 Å². The molecule has 0 radical (unpaired) electrons. The summed E-state index contributed by atoms with van der Waals surface area (Å²) in [7, 11) is 1.61. The molecule has 1 atom stereocenters. The Bertz CT molecular complexity index is 951. The van der Waals surface area contributed by atoms with Gasteiger partial charge in [-0.2, -0.15) is 0 Å². The number of carbonyl (C=O) groups excluding carboxylic acids is 3. The highest BCUT2D eigenvalue weighted by molar-refractivity contribution is 5.98. The highest BCUT2D eigenvalue weighted by Gasteiger charge is 2.19. The highest BCUT2D eigenvalue weighted by Crippen LogP contribution is 2.23. The largest absolute Gasteiger partial charge is 0.497 e. The van der Waals surface area contributed by atoms with Crippen molar-refractivity contribution in [2.24, 2.45) is 0 Å². The number of aryl methyl sites for hydroxylation is 2. The number of ether oxygens (including phenoxy) is 2. The van der Waals surface area contributed by atoms with Gasteiger partial charge in [-0.05, 0) is 73.9 Å². The van der Waals surface area contributed by atoms with Crippen LogP contribution in [0.15, 0.2) is 42.5 Å². The molecule has 6 nitrogen and oxygen atoms in total. The van der Waals surface area contributed by atoms with Gasteiger partial charge in [0.15, 0.2) is 11.9 Å². The van der Waals surface area contributed by atoms with E-state index in [1.54, 1.807) is 7.11 Å². The number of nitrogens with one attached hydrogen (secondary N) is 1. The monoisotopic (exact) mass is 437 g/mol. The Morgan fingerprint density at radius 1 is 0.969 bits per heavy atom. The van der Waals surface area contributed by atoms with Gasteiger partial charge in [-0.15, -0.1) is 0 Å². The SMILES string of the molecule is COc1ccc(CCNC(=O)C(C)OC(=O)CCC(=O)c2ccc3c(c2)CCCC3)cc1. The van der Waals surface area contributed by atoms with Crippen molar-refractivity contribution in [1.29, 1.82) is 0 Å². The smallest absolute Gasteiger partial charge is 0.307 e. The molecule has 170 valence electrons. The second-order valence-corrected chi connectivity index (χ2v) is 8.13. The number of fused-ring (bicyclic) bond motifs is 1. The predicted molar refractivity (Wildman–Crippen MR) is 122 cm³/mol. The number of ketones is 1. The molecule has 1 unspecified atom stereocenters. The lowest BCUT2D eigenvalue weighted by atomic mass is 9.89. The predicted octanol–water partition coefficient (Wildman–Crippen LogP) is 3.83. The number of rotatable bonds is 10. The first-order chi connectivity index (χ1) is 15.5. The summed E-state index contributed by atoms with van der Waals surface area (Å²) in [5, 5.41) is 2.77. The minimum absolute atomic E-state index is 0.0423. The van der Waals surface area contributed by atoms with Crippen LogP contribution in [0.1, 0.15) is 59.7 Å². The first-order valence-corrected chi connectivity index (χ1v) is 11.2. The second-order valence-electron chi connectivity index (χ2n) is 8.13. The van der Waals surface area contributed by atoms with Crippen LogP contribution >= 0.6 is 0 Å². The Kier molecular flexibility index (Phi) is 8.42. The van der Waals surface area contributed by atoms with Crippen molar-refractivity contribution in [2.75, 3.05) is 13.7 Å². The number of amides is 1. The van der Waals surface area contributed by atoms with Crippen LogP contribution < -0.4 is 10.1 Å². The molecule has 3 rings (SSSR count). The van der Waals surface area contributed by atoms with Gasteiger partial charge in [-0.1, -0.05) is 24.3 Å². The molecule has 0 spiro atoms. The van der Waals surface area contributed by atoms with Crippen molar-refractivity contribution in [3.63, 3.8) is 0 Å². The molecule has 0 saturated heterocycles. The molecule has 1 aliphatic rings. The minimum atomic E-state index is -0.905. The average molecular weight is 438 g/mol. The molecule has 6 heteroatoms. The molecule has 0 bridgehead atoms. The van der Waals surface area contributed by atoms with Crippen molar-refractivity contribution in [3.8, 4) is 5.75 Å². The molecule has 0 aliphatic heterocycles. The fourth-order valence-electron chi connectivity index (χ4n) is 3.84. The van der Waals surface area contributed by atoms with Crippen LogP contribution in [0, 0.1) is 0 Å². The molecule has 1 amide bonds. The van der Waals surface area contributed by atoms with E-state index in [1.807, 2.05) is 42.5 Å². The molecule has 32 heavy (non-hydrogen) atoms. The molecular formula is C26H31NO5. The van der Waals surface area contributed by atoms with Gasteiger partial charge in [0.2, 0.25) is 0 Å². The standard InChI is InChI=1S/C26H31NO5/c1-18(26(30)27-16-15-19-7-11-23(31-2)12-8-19)32-25(29)14-13-24(28)22-10-9-20-5-3-4-6-21(20)17-22/h7-12,17-18H,3-6,13-16H2,1-2H3,(H,27,30). The van der Waals surface area contributed by atoms with Gasteiger partial charge in [0.25, 0.3) is 5.91 Å². The zero-order valence-electron chi connectivity index (χ0n) is 18.8. The van der Waals surface area contributed by atoms with E-state index in [4.69, 9.17) is 9.47 Å². The summed E-state index contributed by atoms with van der Waals surface area (Å²) in [6.45, 7) is 1.97. The number of benzene rings is 2. The highest BCUT2D eigenvalue weighted by atomic mass is 16.5. The summed E-state index contributed by atoms with van der Waals surface area (Å²) in [6.07, 6.45) is 4.20. The number of esters is 1. The number of carbonyl (C=O) groups is 3. The molecule has 0 saturated carbocycles. The Morgan fingerprint density at radius 3 is 2.41 bits per heavy atom. The topological polar surface area (TPSA) is 81.7 Å². The fraction of sp³-hybridized carbons (Fsp3) is 0.423. The average Bonchev–Trinajstić information content (AvgIpc) is 2.82. The quantitative estimate of drug-likeness (QED) is 0.451. The first-order valence-electron chi connectivity index (χ1n) is 11.2. The van der Waals surface area contributed by atoms with Crippen LogP contribution in [0.4, 0.5) is 0 Å². The molecule has 1 N–H and O–H groups in total. The third-order valence-corrected chi connectivity index (χ3v) is 5.78. The van der Waals surface area contributed by atoms with Crippen LogP contribution in [0.2, 0.25) is 0 Å². The zero-order valence-corrected chi connectivity index (χ0v) is 18.8. The van der Waals surface area contributed by atoms with E-state index in [1.165, 1.54) is 24.5 Å². The number of Topliss-reactive ketones (excluding diaryl/α,β-unsaturated/α-hetero) is 1. The summed E-state index contributed by atoms with van der Waals surface area (Å²) in [6, 6.07) is 13.4. The lowest BCUT2D eigenvalue weighted by Crippen LogP contribution is -2.36. The van der Waals surface area contributed by atoms with E-state index in [9.17, 15) is 14.4 Å². The summed E-state index contributed by atoms with van der Waals surface area (Å²) < 4.78 is 10.3. The fourth-order valence-corrected chi connectivity index (χ4v) is 3.84. The van der Waals surface area contributed by atoms with Crippen molar-refractivity contribution in [2.45, 2.75) is 58.0 Å². The molecule has 2 aromatic rings. The number of hydrogen-bond acceptors (Lipinski definition) is 5. The van der Waals surface area contributed by atoms with Gasteiger partial charge in [0.05, 0.1) is 13.5 Å². The summed E-state index contributed by atoms with van der Waals surface area (Å²) >= 11 is 0. The van der Waals surface area contributed by atoms with Gasteiger partial charge < -0.3 is 14.8 Å². The van der Waals surface area contributed by atoms with Gasteiger partial charge in [0, 0.05) is 18.5 Å². The lowest BCUT2D eigenvalue weighted by molar-refractivity contribution is -0.154. The van der Waals surface area contributed by atoms with E-state index in [0.29, 0.717) is 18.5 Å². The molecule has 2 aromatic carbocycles. The van der Waals surface area contributed by atoms with E-state index in [0.717, 1.165) is 30.6 Å². The third-order valence-electron chi connectivity index (χ3n) is 5.78. The van der Waals surface area contributed by atoms with Gasteiger partial charge in [0.1, 0.15) is 5.75 Å². The summed E-state index contributed by atoms with van der Waals surface area (Å²) in [4.78, 5) is 36.8. The lowest BCUT2D eigenvalue weighted by Gasteiger charge is -2.16. The third kappa shape index (κ3) is 6.67. The number of methoxy groups -OCH3 is 1. The summed E-state index contributed by atoms with van der Waals surface area (Å²) in [5.41, 5.74) is 4.27. The van der Waals surface area contributed by atoms with Crippen LogP contribution in [0.3, 0.4) is 0 Å². The van der Waals surface area contributed by atoms with Crippen molar-refractivity contribution in [3.05, 3.63) is 64.7 Å². The molecule has 1 aliphatic carbocycles. The molecular weight excluding hydrogens is 406 g/mol. The second kappa shape index (κ2) is 11.5. The molecule has 0 fully saturated rings. The Hall–Kier alpha value is -3.15. The first kappa shape index (κ1) is 23.5. The van der Waals surface area contributed by atoms with Crippen molar-refractivity contribution < 1.29 is 23.9 Å². The Balaban J connectivity index is 1.38. The van der Waals surface area contributed by atoms with Gasteiger partial charge >= 0.3 is 5.97 Å². The maximum Gasteiger partial charge on any atom is 0.307 e. The number of hydrogen-bond donors (Lipinski definition) is 1. The van der Waals surface area contributed by atoms with E-state index < -0.39 is 12.1 Å². The Labute approximate surface area is 189 Å². The van der Waals surface area contributed by atoms with Crippen molar-refractivity contribution in [1.82, 2.24) is 5.32 Å². The minimum Gasteiger partial charge on any atom is -0.497 e. The van der Waals surface area contributed by atoms with Crippen LogP contribution in [0.5, 0.6) is 5.75 Å². The van der Waals surface area contributed by atoms with Gasteiger partial charge in [-0.3, -0.25) is 14.4 Å². The van der Waals surface area contributed by atoms with Crippen LogP contribution in [-0.2, 0) is 33.6 Å². The van der Waals surface area contributed by atoms with E-state index in [-0.39, 0.29) is 24.5 Å². The van der Waals surface area contributed by atoms with Crippen LogP contribution in [-0.4, -0.2) is 37.4 Å². The maximum absolute atomic E-state index is 12.5. The van der Waals surface area contributed by atoms with E-state index in [2.05, 4.69) is 5.32 Å². The Morgan fingerprint density at radius 2 is 1.69 bits per heavy atom. The maximum atomic E-state index is 12.5. The molecule has 0 aromatic heterocycles. The van der Waals surface area contributed by atoms with Crippen LogP contribution in [0.25, 0.3) is 0 Å². The molecule has 0 heterocycles. The van der Waals surface area contributed by atoms with E-state index >= 15 is 0 Å². The zero-order chi connectivity index (χ0) is 22.9. The normalized spacial score (nSPS) is 13.6. The summed E-state index contributed by atoms with van der Waals surface area (Å²) in [5.74, 6) is -0.197.